The highest BCUT2D eigenvalue weighted by Crippen LogP contribution is 2.51. The molecule has 0 saturated carbocycles. The Balaban J connectivity index is 1.27. The fourth-order valence-corrected chi connectivity index (χ4v) is 5.62. The minimum absolute atomic E-state index is 0.0104. The van der Waals surface area contributed by atoms with E-state index in [1.165, 1.54) is 11.8 Å². The first-order valence-corrected chi connectivity index (χ1v) is 11.3. The van der Waals surface area contributed by atoms with Crippen LogP contribution in [0.3, 0.4) is 0 Å². The third-order valence-electron chi connectivity index (χ3n) is 6.67. The zero-order valence-electron chi connectivity index (χ0n) is 17.4. The van der Waals surface area contributed by atoms with Crippen molar-refractivity contribution in [3.8, 4) is 12.1 Å². The maximum Gasteiger partial charge on any atom is 0.192 e. The van der Waals surface area contributed by atoms with Gasteiger partial charge in [-0.25, -0.2) is 15.0 Å². The molecule has 8 heteroatoms. The van der Waals surface area contributed by atoms with Crippen molar-refractivity contribution in [3.63, 3.8) is 0 Å². The highest BCUT2D eigenvalue weighted by molar-refractivity contribution is 7.99. The van der Waals surface area contributed by atoms with Crippen molar-refractivity contribution in [2.45, 2.75) is 35.4 Å². The molecule has 2 aromatic heterocycles. The lowest BCUT2D eigenvalue weighted by molar-refractivity contribution is 0.187. The van der Waals surface area contributed by atoms with Crippen LogP contribution in [0.5, 0.6) is 0 Å². The van der Waals surface area contributed by atoms with Gasteiger partial charge >= 0.3 is 0 Å². The van der Waals surface area contributed by atoms with Crippen LogP contribution in [0.2, 0.25) is 0 Å². The van der Waals surface area contributed by atoms with Gasteiger partial charge in [-0.3, -0.25) is 0 Å². The van der Waals surface area contributed by atoms with Gasteiger partial charge in [0.15, 0.2) is 10.9 Å². The third-order valence-corrected chi connectivity index (χ3v) is 7.62. The van der Waals surface area contributed by atoms with Crippen molar-refractivity contribution in [2.75, 3.05) is 18.0 Å². The van der Waals surface area contributed by atoms with Gasteiger partial charge in [-0.1, -0.05) is 12.1 Å². The van der Waals surface area contributed by atoms with E-state index in [0.29, 0.717) is 10.9 Å². The number of rotatable bonds is 3. The molecule has 1 saturated heterocycles. The fraction of sp³-hybridized carbons (Fsp3) is 0.292. The van der Waals surface area contributed by atoms with Gasteiger partial charge < -0.3 is 10.6 Å². The predicted octanol–water partition coefficient (Wildman–Crippen LogP) is 3.61. The Bertz CT molecular complexity index is 1230. The van der Waals surface area contributed by atoms with E-state index in [1.54, 1.807) is 12.3 Å². The van der Waals surface area contributed by atoms with Crippen molar-refractivity contribution in [1.82, 2.24) is 15.0 Å². The third kappa shape index (κ3) is 3.48. The molecule has 1 spiro atoms. The number of fused-ring (bicyclic) bond motifs is 1. The van der Waals surface area contributed by atoms with Crippen LogP contribution < -0.4 is 10.6 Å². The molecule has 1 atom stereocenters. The van der Waals surface area contributed by atoms with E-state index in [0.717, 1.165) is 59.6 Å². The Hall–Kier alpha value is -3.46. The van der Waals surface area contributed by atoms with E-state index in [2.05, 4.69) is 38.1 Å². The van der Waals surface area contributed by atoms with E-state index in [9.17, 15) is 10.5 Å². The molecule has 1 fully saturated rings. The monoisotopic (exact) mass is 439 g/mol. The van der Waals surface area contributed by atoms with Gasteiger partial charge in [0.2, 0.25) is 0 Å². The van der Waals surface area contributed by atoms with Gasteiger partial charge in [0.25, 0.3) is 0 Å². The van der Waals surface area contributed by atoms with Crippen LogP contribution in [-0.2, 0) is 6.42 Å². The smallest absolute Gasteiger partial charge is 0.192 e. The first-order valence-electron chi connectivity index (χ1n) is 10.5. The summed E-state index contributed by atoms with van der Waals surface area (Å²) in [5, 5.41) is 19.3. The zero-order valence-corrected chi connectivity index (χ0v) is 18.2. The first-order chi connectivity index (χ1) is 15.6. The summed E-state index contributed by atoms with van der Waals surface area (Å²) in [4.78, 5) is 16.1. The normalized spacial score (nSPS) is 18.7. The standard InChI is InChI=1S/C24H21N7S/c25-12-16-3-1-4-18-19(16)11-24(22(18)27)6-9-31(10-7-24)17-14-29-23(30-15-17)32-21-5-2-8-28-20(21)13-26/h1-5,8,14-15,22H,6-7,9-11,27H2/t22-/m1/s1. The summed E-state index contributed by atoms with van der Waals surface area (Å²) in [6.07, 6.45) is 8.08. The highest BCUT2D eigenvalue weighted by atomic mass is 32.2. The molecule has 1 aliphatic carbocycles. The molecule has 2 aliphatic rings. The van der Waals surface area contributed by atoms with Gasteiger partial charge in [-0.2, -0.15) is 10.5 Å². The molecule has 0 radical (unpaired) electrons. The molecule has 158 valence electrons. The van der Waals surface area contributed by atoms with Gasteiger partial charge in [0.1, 0.15) is 6.07 Å². The summed E-state index contributed by atoms with van der Waals surface area (Å²) in [5.41, 5.74) is 11.1. The van der Waals surface area contributed by atoms with Crippen molar-refractivity contribution in [2.24, 2.45) is 11.1 Å². The number of pyridine rings is 1. The summed E-state index contributed by atoms with van der Waals surface area (Å²) in [7, 11) is 0. The molecule has 1 aromatic carbocycles. The Kier molecular flexibility index (Phi) is 5.26. The van der Waals surface area contributed by atoms with Crippen LogP contribution in [-0.4, -0.2) is 28.0 Å². The average molecular weight is 440 g/mol. The Morgan fingerprint density at radius 3 is 2.53 bits per heavy atom. The van der Waals surface area contributed by atoms with Crippen LogP contribution >= 0.6 is 11.8 Å². The number of anilines is 1. The van der Waals surface area contributed by atoms with Crippen LogP contribution in [0.15, 0.2) is 59.0 Å². The second-order valence-electron chi connectivity index (χ2n) is 8.28. The lowest BCUT2D eigenvalue weighted by Crippen LogP contribution is -2.44. The topological polar surface area (TPSA) is 116 Å². The molecule has 5 rings (SSSR count). The predicted molar refractivity (Wildman–Crippen MR) is 121 cm³/mol. The van der Waals surface area contributed by atoms with Crippen molar-refractivity contribution >= 4 is 17.4 Å². The van der Waals surface area contributed by atoms with E-state index >= 15 is 0 Å². The summed E-state index contributed by atoms with van der Waals surface area (Å²) in [5.74, 6) is 0. The Morgan fingerprint density at radius 2 is 1.81 bits per heavy atom. The maximum atomic E-state index is 9.48. The largest absolute Gasteiger partial charge is 0.369 e. The highest BCUT2D eigenvalue weighted by Gasteiger charge is 2.46. The number of hydrogen-bond acceptors (Lipinski definition) is 8. The second kappa shape index (κ2) is 8.23. The van der Waals surface area contributed by atoms with Gasteiger partial charge in [0, 0.05) is 25.3 Å². The first kappa shape index (κ1) is 20.4. The number of nitrogens with zero attached hydrogens (tertiary/aromatic N) is 6. The minimum Gasteiger partial charge on any atom is -0.369 e. The molecular weight excluding hydrogens is 418 g/mol. The molecule has 0 amide bonds. The Morgan fingerprint density at radius 1 is 1.03 bits per heavy atom. The van der Waals surface area contributed by atoms with Crippen LogP contribution in [0.1, 0.15) is 41.3 Å². The molecular formula is C24H21N7S. The Labute approximate surface area is 190 Å². The van der Waals surface area contributed by atoms with E-state index in [4.69, 9.17) is 5.73 Å². The molecule has 32 heavy (non-hydrogen) atoms. The number of piperidine rings is 1. The molecule has 3 heterocycles. The maximum absolute atomic E-state index is 9.48. The molecule has 7 nitrogen and oxygen atoms in total. The van der Waals surface area contributed by atoms with E-state index in [1.807, 2.05) is 30.6 Å². The summed E-state index contributed by atoms with van der Waals surface area (Å²) < 4.78 is 0. The average Bonchev–Trinajstić information content (AvgIpc) is 3.12. The molecule has 2 N–H and O–H groups in total. The summed E-state index contributed by atoms with van der Waals surface area (Å²) >= 11 is 1.34. The molecule has 0 bridgehead atoms. The number of hydrogen-bond donors (Lipinski definition) is 1. The van der Waals surface area contributed by atoms with Crippen molar-refractivity contribution in [3.05, 3.63) is 71.3 Å². The number of aromatic nitrogens is 3. The van der Waals surface area contributed by atoms with E-state index in [-0.39, 0.29) is 11.5 Å². The van der Waals surface area contributed by atoms with Gasteiger partial charge in [-0.05, 0) is 65.8 Å². The van der Waals surface area contributed by atoms with Crippen molar-refractivity contribution < 1.29 is 0 Å². The molecule has 3 aromatic rings. The quantitative estimate of drug-likeness (QED) is 0.615. The van der Waals surface area contributed by atoms with Crippen LogP contribution in [0.4, 0.5) is 5.69 Å². The number of benzene rings is 1. The zero-order chi connectivity index (χ0) is 22.1. The minimum atomic E-state index is -0.0308. The lowest BCUT2D eigenvalue weighted by atomic mass is 9.73. The van der Waals surface area contributed by atoms with E-state index < -0.39 is 0 Å². The second-order valence-corrected chi connectivity index (χ2v) is 9.29. The van der Waals surface area contributed by atoms with Gasteiger partial charge in [-0.15, -0.1) is 0 Å². The van der Waals surface area contributed by atoms with Crippen LogP contribution in [0.25, 0.3) is 0 Å². The number of nitrogens with two attached hydrogens (primary N) is 1. The van der Waals surface area contributed by atoms with Crippen LogP contribution in [0, 0.1) is 28.1 Å². The molecule has 0 unspecified atom stereocenters. The summed E-state index contributed by atoms with van der Waals surface area (Å²) in [6.45, 7) is 1.75. The van der Waals surface area contributed by atoms with Crippen molar-refractivity contribution in [1.29, 1.82) is 10.5 Å². The molecule has 1 aliphatic heterocycles. The number of nitriles is 2. The lowest BCUT2D eigenvalue weighted by Gasteiger charge is -2.42. The van der Waals surface area contributed by atoms with Gasteiger partial charge in [0.05, 0.1) is 34.6 Å². The SMILES string of the molecule is N#Cc1cccc2c1CC1(CCN(c3cnc(Sc4cccnc4C#N)nc3)CC1)[C@@H]2N. The fourth-order valence-electron chi connectivity index (χ4n) is 4.87. The summed E-state index contributed by atoms with van der Waals surface area (Å²) in [6, 6.07) is 13.9.